The van der Waals surface area contributed by atoms with E-state index in [4.69, 9.17) is 10.0 Å². The molecule has 0 saturated heterocycles. The van der Waals surface area contributed by atoms with Gasteiger partial charge in [-0.3, -0.25) is 9.78 Å². The largest absolute Gasteiger partial charge is 0.490 e. The molecule has 1 aliphatic carbocycles. The van der Waals surface area contributed by atoms with Crippen LogP contribution in [0.1, 0.15) is 38.6 Å². The second kappa shape index (κ2) is 6.78. The number of nitrogens with zero attached hydrogens (tertiary/aromatic N) is 1. The molecular formula is C15H16BFN2O3S. The second-order valence-electron chi connectivity index (χ2n) is 5.52. The molecule has 0 spiro atoms. The molecule has 0 unspecified atom stereocenters. The molecule has 0 radical (unpaired) electrons. The highest BCUT2D eigenvalue weighted by molar-refractivity contribution is 7.14. The molecule has 0 aliphatic heterocycles. The van der Waals surface area contributed by atoms with Gasteiger partial charge in [-0.15, -0.1) is 11.3 Å². The fourth-order valence-corrected chi connectivity index (χ4v) is 3.78. The minimum absolute atomic E-state index is 0.0245. The van der Waals surface area contributed by atoms with E-state index in [-0.39, 0.29) is 23.6 Å². The molecule has 0 saturated carbocycles. The van der Waals surface area contributed by atoms with Crippen molar-refractivity contribution in [3.05, 3.63) is 45.2 Å². The number of aromatic nitrogens is 1. The molecule has 0 bridgehead atoms. The molecule has 8 heteroatoms. The van der Waals surface area contributed by atoms with Crippen molar-refractivity contribution in [3.8, 4) is 0 Å². The number of aryl methyl sites for hydroxylation is 2. The summed E-state index contributed by atoms with van der Waals surface area (Å²) >= 11 is 1.50. The van der Waals surface area contributed by atoms with Crippen molar-refractivity contribution < 1.29 is 19.2 Å². The van der Waals surface area contributed by atoms with Crippen LogP contribution in [-0.4, -0.2) is 28.1 Å². The average Bonchev–Trinajstić information content (AvgIpc) is 2.97. The van der Waals surface area contributed by atoms with Gasteiger partial charge in [-0.1, -0.05) is 0 Å². The van der Waals surface area contributed by atoms with Crippen molar-refractivity contribution in [3.63, 3.8) is 0 Å². The maximum absolute atomic E-state index is 13.8. The van der Waals surface area contributed by atoms with E-state index in [2.05, 4.69) is 10.3 Å². The van der Waals surface area contributed by atoms with Crippen LogP contribution in [0.15, 0.2) is 18.3 Å². The Hall–Kier alpha value is -1.77. The average molecular weight is 334 g/mol. The number of nitrogens with one attached hydrogen (secondary N) is 1. The van der Waals surface area contributed by atoms with Crippen LogP contribution in [-0.2, 0) is 19.4 Å². The smallest absolute Gasteiger partial charge is 0.423 e. The number of rotatable bonds is 4. The lowest BCUT2D eigenvalue weighted by Crippen LogP contribution is -2.31. The van der Waals surface area contributed by atoms with E-state index >= 15 is 0 Å². The van der Waals surface area contributed by atoms with Crippen LogP contribution < -0.4 is 10.8 Å². The molecule has 0 fully saturated rings. The van der Waals surface area contributed by atoms with Gasteiger partial charge in [0.25, 0.3) is 5.91 Å². The van der Waals surface area contributed by atoms with Crippen LogP contribution in [0, 0.1) is 5.82 Å². The molecule has 23 heavy (non-hydrogen) atoms. The number of thiophene rings is 1. The number of pyridine rings is 1. The summed E-state index contributed by atoms with van der Waals surface area (Å²) in [5.74, 6) is -0.918. The first kappa shape index (κ1) is 16.1. The fourth-order valence-electron chi connectivity index (χ4n) is 2.61. The summed E-state index contributed by atoms with van der Waals surface area (Å²) < 4.78 is 13.8. The molecular weight excluding hydrogens is 318 g/mol. The lowest BCUT2D eigenvalue weighted by atomic mass is 9.81. The Bertz CT molecular complexity index is 712. The first-order valence-electron chi connectivity index (χ1n) is 7.45. The zero-order valence-corrected chi connectivity index (χ0v) is 13.2. The molecule has 3 N–H and O–H groups in total. The van der Waals surface area contributed by atoms with E-state index in [0.29, 0.717) is 4.88 Å². The van der Waals surface area contributed by atoms with Crippen LogP contribution in [0.2, 0.25) is 0 Å². The van der Waals surface area contributed by atoms with Gasteiger partial charge in [-0.05, 0) is 43.4 Å². The maximum atomic E-state index is 13.8. The van der Waals surface area contributed by atoms with Gasteiger partial charge in [-0.2, -0.15) is 0 Å². The van der Waals surface area contributed by atoms with Crippen molar-refractivity contribution in [1.29, 1.82) is 0 Å². The van der Waals surface area contributed by atoms with Gasteiger partial charge in [0.15, 0.2) is 0 Å². The van der Waals surface area contributed by atoms with Gasteiger partial charge in [0.1, 0.15) is 5.82 Å². The molecule has 0 atom stereocenters. The second-order valence-corrected chi connectivity index (χ2v) is 6.66. The summed E-state index contributed by atoms with van der Waals surface area (Å²) in [5.41, 5.74) is 1.28. The Kier molecular flexibility index (Phi) is 4.75. The number of carbonyl (C=O) groups is 1. The third kappa shape index (κ3) is 3.60. The van der Waals surface area contributed by atoms with Crippen molar-refractivity contribution in [1.82, 2.24) is 10.3 Å². The first-order valence-corrected chi connectivity index (χ1v) is 8.26. The predicted molar refractivity (Wildman–Crippen MR) is 86.2 cm³/mol. The zero-order chi connectivity index (χ0) is 16.4. The third-order valence-electron chi connectivity index (χ3n) is 3.87. The van der Waals surface area contributed by atoms with Crippen LogP contribution in [0.5, 0.6) is 0 Å². The molecule has 1 aliphatic rings. The van der Waals surface area contributed by atoms with Gasteiger partial charge in [0.2, 0.25) is 0 Å². The summed E-state index contributed by atoms with van der Waals surface area (Å²) in [6.07, 6.45) is 5.53. The number of carbonyl (C=O) groups excluding carboxylic acids is 1. The topological polar surface area (TPSA) is 82.5 Å². The summed E-state index contributed by atoms with van der Waals surface area (Å²) in [4.78, 5) is 17.9. The summed E-state index contributed by atoms with van der Waals surface area (Å²) in [6, 6.07) is 2.92. The lowest BCUT2D eigenvalue weighted by molar-refractivity contribution is 0.0954. The van der Waals surface area contributed by atoms with E-state index < -0.39 is 12.9 Å². The van der Waals surface area contributed by atoms with Gasteiger partial charge in [0, 0.05) is 16.5 Å². The van der Waals surface area contributed by atoms with Gasteiger partial charge >= 0.3 is 7.12 Å². The monoisotopic (exact) mass is 334 g/mol. The van der Waals surface area contributed by atoms with Crippen LogP contribution >= 0.6 is 11.3 Å². The fraction of sp³-hybridized carbons (Fsp3) is 0.333. The highest BCUT2D eigenvalue weighted by atomic mass is 32.1. The van der Waals surface area contributed by atoms with Crippen molar-refractivity contribution in [2.75, 3.05) is 0 Å². The van der Waals surface area contributed by atoms with Crippen LogP contribution in [0.3, 0.4) is 0 Å². The molecule has 0 aromatic carbocycles. The standard InChI is InChI=1S/C15H16BFN2O3S/c17-11-6-10(16(21)22)7-18-12(11)8-19-15(20)14-5-9-3-1-2-4-13(9)23-14/h5-7,21-22H,1-4,8H2,(H,19,20). The minimum Gasteiger partial charge on any atom is -0.423 e. The van der Waals surface area contributed by atoms with Gasteiger partial charge < -0.3 is 15.4 Å². The Morgan fingerprint density at radius 1 is 1.35 bits per heavy atom. The minimum atomic E-state index is -1.77. The quantitative estimate of drug-likeness (QED) is 0.722. The van der Waals surface area contributed by atoms with Gasteiger partial charge in [-0.25, -0.2) is 4.39 Å². The maximum Gasteiger partial charge on any atom is 0.490 e. The van der Waals surface area contributed by atoms with E-state index in [0.717, 1.165) is 31.7 Å². The summed E-state index contributed by atoms with van der Waals surface area (Å²) in [7, 11) is -1.77. The molecule has 2 aromatic heterocycles. The predicted octanol–water partition coefficient (Wildman–Crippen LogP) is 0.771. The summed E-state index contributed by atoms with van der Waals surface area (Å²) in [5, 5.41) is 20.6. The molecule has 5 nitrogen and oxygen atoms in total. The number of amides is 1. The first-order chi connectivity index (χ1) is 11.0. The Balaban J connectivity index is 1.66. The van der Waals surface area contributed by atoms with Crippen molar-refractivity contribution in [2.24, 2.45) is 0 Å². The molecule has 1 amide bonds. The highest BCUT2D eigenvalue weighted by Crippen LogP contribution is 2.29. The van der Waals surface area contributed by atoms with Crippen molar-refractivity contribution in [2.45, 2.75) is 32.2 Å². The highest BCUT2D eigenvalue weighted by Gasteiger charge is 2.18. The zero-order valence-electron chi connectivity index (χ0n) is 12.4. The van der Waals surface area contributed by atoms with E-state index in [1.165, 1.54) is 28.0 Å². The Labute approximate surface area is 137 Å². The molecule has 120 valence electrons. The van der Waals surface area contributed by atoms with Crippen LogP contribution in [0.4, 0.5) is 4.39 Å². The number of halogens is 1. The number of fused-ring (bicyclic) bond motifs is 1. The van der Waals surface area contributed by atoms with Gasteiger partial charge in [0.05, 0.1) is 17.1 Å². The molecule has 2 heterocycles. The Morgan fingerprint density at radius 3 is 2.83 bits per heavy atom. The lowest BCUT2D eigenvalue weighted by Gasteiger charge is -2.08. The normalized spacial score (nSPS) is 13.5. The van der Waals surface area contributed by atoms with E-state index in [9.17, 15) is 9.18 Å². The summed E-state index contributed by atoms with van der Waals surface area (Å²) in [6.45, 7) is -0.0466. The number of hydrogen-bond acceptors (Lipinski definition) is 5. The van der Waals surface area contributed by atoms with Crippen LogP contribution in [0.25, 0.3) is 0 Å². The SMILES string of the molecule is O=C(NCc1ncc(B(O)O)cc1F)c1cc2c(s1)CCCC2. The van der Waals surface area contributed by atoms with E-state index in [1.807, 2.05) is 6.07 Å². The molecule has 2 aromatic rings. The van der Waals surface area contributed by atoms with E-state index in [1.54, 1.807) is 0 Å². The van der Waals surface area contributed by atoms with Crippen molar-refractivity contribution >= 4 is 29.8 Å². The third-order valence-corrected chi connectivity index (χ3v) is 5.11. The molecule has 3 rings (SSSR count). The Morgan fingerprint density at radius 2 is 2.13 bits per heavy atom. The number of hydrogen-bond donors (Lipinski definition) is 3.